The third-order valence-electron chi connectivity index (χ3n) is 4.43. The molecule has 1 saturated carbocycles. The van der Waals surface area contributed by atoms with Crippen molar-refractivity contribution < 1.29 is 4.74 Å². The second-order valence-corrected chi connectivity index (χ2v) is 6.76. The Morgan fingerprint density at radius 2 is 1.95 bits per heavy atom. The van der Waals surface area contributed by atoms with Crippen molar-refractivity contribution in [1.29, 1.82) is 0 Å². The first-order valence-corrected chi connectivity index (χ1v) is 7.43. The zero-order valence-corrected chi connectivity index (χ0v) is 12.6. The summed E-state index contributed by atoms with van der Waals surface area (Å²) >= 11 is 0. The van der Waals surface area contributed by atoms with Gasteiger partial charge in [-0.3, -0.25) is 0 Å². The van der Waals surface area contributed by atoms with Gasteiger partial charge < -0.3 is 10.5 Å². The average molecular weight is 261 g/mol. The van der Waals surface area contributed by atoms with Crippen molar-refractivity contribution in [3.05, 3.63) is 29.8 Å². The van der Waals surface area contributed by atoms with Crippen molar-refractivity contribution in [2.45, 2.75) is 65.0 Å². The van der Waals surface area contributed by atoms with Gasteiger partial charge >= 0.3 is 0 Å². The Morgan fingerprint density at radius 3 is 2.63 bits per heavy atom. The summed E-state index contributed by atoms with van der Waals surface area (Å²) in [6.45, 7) is 8.91. The fourth-order valence-corrected chi connectivity index (χ4v) is 2.97. The Labute approximate surface area is 117 Å². The van der Waals surface area contributed by atoms with Crippen LogP contribution in [-0.4, -0.2) is 12.1 Å². The molecule has 0 aromatic heterocycles. The maximum absolute atomic E-state index is 6.41. The highest BCUT2D eigenvalue weighted by Gasteiger charge is 2.37. The summed E-state index contributed by atoms with van der Waals surface area (Å²) in [4.78, 5) is 0. The van der Waals surface area contributed by atoms with Gasteiger partial charge in [-0.1, -0.05) is 45.9 Å². The van der Waals surface area contributed by atoms with Gasteiger partial charge in [0.2, 0.25) is 0 Å². The van der Waals surface area contributed by atoms with Crippen LogP contribution in [0.25, 0.3) is 0 Å². The average Bonchev–Trinajstić information content (AvgIpc) is 2.35. The molecule has 1 aliphatic carbocycles. The van der Waals surface area contributed by atoms with Crippen LogP contribution >= 0.6 is 0 Å². The van der Waals surface area contributed by atoms with E-state index in [2.05, 4.69) is 45.9 Å². The molecule has 0 saturated heterocycles. The van der Waals surface area contributed by atoms with Gasteiger partial charge in [-0.25, -0.2) is 0 Å². The molecule has 1 fully saturated rings. The largest absolute Gasteiger partial charge is 0.488 e. The van der Waals surface area contributed by atoms with Crippen molar-refractivity contribution in [1.82, 2.24) is 0 Å². The minimum absolute atomic E-state index is 0.112. The van der Waals surface area contributed by atoms with Crippen LogP contribution < -0.4 is 10.5 Å². The maximum Gasteiger partial charge on any atom is 0.123 e. The van der Waals surface area contributed by atoms with E-state index in [-0.39, 0.29) is 17.6 Å². The number of ether oxygens (including phenoxy) is 1. The lowest BCUT2D eigenvalue weighted by atomic mass is 9.72. The van der Waals surface area contributed by atoms with Gasteiger partial charge in [-0.2, -0.15) is 0 Å². The lowest BCUT2D eigenvalue weighted by Gasteiger charge is -2.41. The molecule has 0 radical (unpaired) electrons. The lowest BCUT2D eigenvalue weighted by molar-refractivity contribution is 0.0559. The van der Waals surface area contributed by atoms with Gasteiger partial charge in [0.15, 0.2) is 0 Å². The number of hydrogen-bond donors (Lipinski definition) is 1. The second kappa shape index (κ2) is 5.54. The van der Waals surface area contributed by atoms with Crippen molar-refractivity contribution in [3.8, 4) is 5.75 Å². The summed E-state index contributed by atoms with van der Waals surface area (Å²) < 4.78 is 6.27. The number of para-hydroxylation sites is 1. The third-order valence-corrected chi connectivity index (χ3v) is 4.43. The minimum Gasteiger partial charge on any atom is -0.488 e. The molecule has 0 amide bonds. The van der Waals surface area contributed by atoms with E-state index in [4.69, 9.17) is 10.5 Å². The molecule has 19 heavy (non-hydrogen) atoms. The molecule has 2 heteroatoms. The summed E-state index contributed by atoms with van der Waals surface area (Å²) in [6.07, 6.45) is 3.61. The van der Waals surface area contributed by atoms with Gasteiger partial charge in [0.1, 0.15) is 11.9 Å². The molecule has 106 valence electrons. The number of benzene rings is 1. The number of nitrogens with two attached hydrogens (primary N) is 1. The molecule has 1 aliphatic rings. The van der Waals surface area contributed by atoms with E-state index in [1.165, 1.54) is 18.4 Å². The quantitative estimate of drug-likeness (QED) is 0.889. The van der Waals surface area contributed by atoms with E-state index in [9.17, 15) is 0 Å². The predicted molar refractivity (Wildman–Crippen MR) is 80.6 cm³/mol. The van der Waals surface area contributed by atoms with E-state index >= 15 is 0 Å². The Hall–Kier alpha value is -1.02. The highest BCUT2D eigenvalue weighted by atomic mass is 16.5. The van der Waals surface area contributed by atoms with E-state index in [0.29, 0.717) is 5.92 Å². The topological polar surface area (TPSA) is 35.2 Å². The Bertz CT molecular complexity index is 425. The molecule has 2 nitrogen and oxygen atoms in total. The summed E-state index contributed by atoms with van der Waals surface area (Å²) in [5.41, 5.74) is 7.86. The fraction of sp³-hybridized carbons (Fsp3) is 0.647. The maximum atomic E-state index is 6.41. The molecule has 0 spiro atoms. The van der Waals surface area contributed by atoms with Crippen molar-refractivity contribution in [2.75, 3.05) is 0 Å². The van der Waals surface area contributed by atoms with Crippen LogP contribution in [0.1, 0.15) is 58.4 Å². The molecule has 2 N–H and O–H groups in total. The van der Waals surface area contributed by atoms with Crippen LogP contribution in [0.15, 0.2) is 24.3 Å². The second-order valence-electron chi connectivity index (χ2n) is 6.76. The summed E-state index contributed by atoms with van der Waals surface area (Å²) in [7, 11) is 0. The molecule has 0 heterocycles. The van der Waals surface area contributed by atoms with Crippen LogP contribution in [0, 0.1) is 5.41 Å². The Balaban J connectivity index is 2.17. The lowest BCUT2D eigenvalue weighted by Crippen LogP contribution is -2.52. The molecular weight excluding hydrogens is 234 g/mol. The van der Waals surface area contributed by atoms with E-state index < -0.39 is 0 Å². The predicted octanol–water partition coefficient (Wildman–Crippen LogP) is 4.09. The highest BCUT2D eigenvalue weighted by Crippen LogP contribution is 2.37. The number of rotatable bonds is 3. The third kappa shape index (κ3) is 3.11. The van der Waals surface area contributed by atoms with Gasteiger partial charge in [-0.05, 0) is 42.2 Å². The normalized spacial score (nSPS) is 26.4. The Kier molecular flexibility index (Phi) is 4.19. The zero-order chi connectivity index (χ0) is 14.0. The first-order valence-electron chi connectivity index (χ1n) is 7.43. The van der Waals surface area contributed by atoms with Crippen molar-refractivity contribution in [2.24, 2.45) is 11.1 Å². The van der Waals surface area contributed by atoms with Crippen LogP contribution in [-0.2, 0) is 0 Å². The fourth-order valence-electron chi connectivity index (χ4n) is 2.97. The summed E-state index contributed by atoms with van der Waals surface area (Å²) in [5.74, 6) is 1.49. The van der Waals surface area contributed by atoms with Gasteiger partial charge in [0.25, 0.3) is 0 Å². The van der Waals surface area contributed by atoms with Crippen LogP contribution in [0.3, 0.4) is 0 Å². The zero-order valence-electron chi connectivity index (χ0n) is 12.6. The summed E-state index contributed by atoms with van der Waals surface area (Å²) in [5, 5.41) is 0. The SMILES string of the molecule is CC(C)c1ccccc1OC1CCCC(C)(C)C1N. The molecule has 1 aromatic rings. The molecule has 2 rings (SSSR count). The highest BCUT2D eigenvalue weighted by molar-refractivity contribution is 5.35. The molecular formula is C17H27NO. The minimum atomic E-state index is 0.112. The van der Waals surface area contributed by atoms with Crippen molar-refractivity contribution >= 4 is 0 Å². The molecule has 0 bridgehead atoms. The summed E-state index contributed by atoms with van der Waals surface area (Å²) in [6, 6.07) is 8.46. The van der Waals surface area contributed by atoms with Crippen LogP contribution in [0.5, 0.6) is 5.75 Å². The van der Waals surface area contributed by atoms with Crippen LogP contribution in [0.2, 0.25) is 0 Å². The molecule has 0 aliphatic heterocycles. The number of hydrogen-bond acceptors (Lipinski definition) is 2. The standard InChI is InChI=1S/C17H27NO/c1-12(2)13-8-5-6-9-14(13)19-15-10-7-11-17(3,4)16(15)18/h5-6,8-9,12,15-16H,7,10-11,18H2,1-4H3. The van der Waals surface area contributed by atoms with Gasteiger partial charge in [-0.15, -0.1) is 0 Å². The molecule has 1 aromatic carbocycles. The Morgan fingerprint density at radius 1 is 1.26 bits per heavy atom. The van der Waals surface area contributed by atoms with Gasteiger partial charge in [0.05, 0.1) is 0 Å². The van der Waals surface area contributed by atoms with Crippen LogP contribution in [0.4, 0.5) is 0 Å². The first kappa shape index (κ1) is 14.4. The van der Waals surface area contributed by atoms with E-state index in [1.54, 1.807) is 0 Å². The van der Waals surface area contributed by atoms with E-state index in [0.717, 1.165) is 12.2 Å². The molecule has 2 atom stereocenters. The van der Waals surface area contributed by atoms with Crippen molar-refractivity contribution in [3.63, 3.8) is 0 Å². The molecule has 2 unspecified atom stereocenters. The van der Waals surface area contributed by atoms with E-state index in [1.807, 2.05) is 6.07 Å². The smallest absolute Gasteiger partial charge is 0.123 e. The van der Waals surface area contributed by atoms with Gasteiger partial charge in [0, 0.05) is 6.04 Å². The first-order chi connectivity index (χ1) is 8.92. The monoisotopic (exact) mass is 261 g/mol.